The molecule has 1 nitrogen and oxygen atoms in total. The highest BCUT2D eigenvalue weighted by Gasteiger charge is 1.92. The van der Waals surface area contributed by atoms with E-state index in [4.69, 9.17) is 4.74 Å². The van der Waals surface area contributed by atoms with Gasteiger partial charge in [0, 0.05) is 0 Å². The fourth-order valence-corrected chi connectivity index (χ4v) is 2.56. The summed E-state index contributed by atoms with van der Waals surface area (Å²) in [4.78, 5) is 0. The molecule has 130 valence electrons. The van der Waals surface area contributed by atoms with Crippen molar-refractivity contribution in [3.05, 3.63) is 24.5 Å². The van der Waals surface area contributed by atoms with Crippen LogP contribution in [0.1, 0.15) is 104 Å². The summed E-state index contributed by atoms with van der Waals surface area (Å²) in [5, 5.41) is 0. The van der Waals surface area contributed by atoms with Gasteiger partial charge in [0.05, 0.1) is 12.9 Å². The van der Waals surface area contributed by atoms with E-state index in [1.165, 1.54) is 83.5 Å². The van der Waals surface area contributed by atoms with E-state index in [0.717, 1.165) is 13.0 Å². The van der Waals surface area contributed by atoms with Crippen LogP contribution >= 0.6 is 0 Å². The SMILES string of the molecule is CCCCCCCCCCCCCCC=CC=COCCC. The molecule has 0 aliphatic heterocycles. The predicted octanol–water partition coefficient (Wildman–Crippen LogP) is 7.57. The second kappa shape index (κ2) is 20.3. The molecule has 22 heavy (non-hydrogen) atoms. The normalized spacial score (nSPS) is 11.7. The fraction of sp³-hybridized carbons (Fsp3) is 0.810. The van der Waals surface area contributed by atoms with Gasteiger partial charge in [-0.15, -0.1) is 0 Å². The van der Waals surface area contributed by atoms with E-state index in [0.29, 0.717) is 0 Å². The third kappa shape index (κ3) is 19.3. The summed E-state index contributed by atoms with van der Waals surface area (Å²) in [6.07, 6.45) is 27.5. The van der Waals surface area contributed by atoms with Gasteiger partial charge in [0.1, 0.15) is 0 Å². The average molecular weight is 309 g/mol. The fourth-order valence-electron chi connectivity index (χ4n) is 2.56. The lowest BCUT2D eigenvalue weighted by Crippen LogP contribution is -1.82. The zero-order valence-electron chi connectivity index (χ0n) is 15.3. The Hall–Kier alpha value is -0.720. The molecule has 0 aromatic carbocycles. The van der Waals surface area contributed by atoms with Crippen molar-refractivity contribution >= 4 is 0 Å². The molecule has 0 unspecified atom stereocenters. The van der Waals surface area contributed by atoms with Gasteiger partial charge in [0.15, 0.2) is 0 Å². The summed E-state index contributed by atoms with van der Waals surface area (Å²) in [5.41, 5.74) is 0. The smallest absolute Gasteiger partial charge is 0.0870 e. The molecule has 0 radical (unpaired) electrons. The first kappa shape index (κ1) is 21.3. The Kier molecular flexibility index (Phi) is 19.6. The van der Waals surface area contributed by atoms with E-state index in [1.807, 2.05) is 6.08 Å². The molecule has 0 spiro atoms. The molecule has 0 N–H and O–H groups in total. The number of hydrogen-bond donors (Lipinski definition) is 0. The number of unbranched alkanes of at least 4 members (excludes halogenated alkanes) is 12. The highest BCUT2D eigenvalue weighted by molar-refractivity contribution is 4.99. The van der Waals surface area contributed by atoms with Crippen LogP contribution in [0.3, 0.4) is 0 Å². The Labute approximate surface area is 140 Å². The molecular formula is C21H40O. The first-order valence-electron chi connectivity index (χ1n) is 9.85. The molecule has 0 heterocycles. The second-order valence-electron chi connectivity index (χ2n) is 6.31. The highest BCUT2D eigenvalue weighted by atomic mass is 16.5. The van der Waals surface area contributed by atoms with E-state index in [-0.39, 0.29) is 0 Å². The largest absolute Gasteiger partial charge is 0.501 e. The van der Waals surface area contributed by atoms with Crippen LogP contribution < -0.4 is 0 Å². The van der Waals surface area contributed by atoms with Crippen molar-refractivity contribution in [1.82, 2.24) is 0 Å². The van der Waals surface area contributed by atoms with Crippen LogP contribution in [0, 0.1) is 0 Å². The van der Waals surface area contributed by atoms with Gasteiger partial charge in [-0.1, -0.05) is 96.6 Å². The molecule has 0 saturated carbocycles. The van der Waals surface area contributed by atoms with Gasteiger partial charge in [-0.2, -0.15) is 0 Å². The number of ether oxygens (including phenoxy) is 1. The van der Waals surface area contributed by atoms with Gasteiger partial charge >= 0.3 is 0 Å². The summed E-state index contributed by atoms with van der Waals surface area (Å²) in [6, 6.07) is 0. The number of allylic oxidation sites excluding steroid dienone is 3. The average Bonchev–Trinajstić information content (AvgIpc) is 2.54. The summed E-state index contributed by atoms with van der Waals surface area (Å²) >= 11 is 0. The summed E-state index contributed by atoms with van der Waals surface area (Å²) in [5.74, 6) is 0. The first-order valence-corrected chi connectivity index (χ1v) is 9.85. The molecule has 0 amide bonds. The third-order valence-corrected chi connectivity index (χ3v) is 3.97. The van der Waals surface area contributed by atoms with Gasteiger partial charge in [-0.25, -0.2) is 0 Å². The molecule has 0 aromatic rings. The summed E-state index contributed by atoms with van der Waals surface area (Å²) < 4.78 is 5.27. The maximum atomic E-state index is 5.27. The van der Waals surface area contributed by atoms with Gasteiger partial charge < -0.3 is 4.74 Å². The molecule has 0 saturated heterocycles. The molecule has 0 aromatic heterocycles. The lowest BCUT2D eigenvalue weighted by Gasteiger charge is -2.02. The maximum Gasteiger partial charge on any atom is 0.0870 e. The molecule has 1 heteroatoms. The maximum absolute atomic E-state index is 5.27. The third-order valence-electron chi connectivity index (χ3n) is 3.97. The van der Waals surface area contributed by atoms with Crippen molar-refractivity contribution in [2.24, 2.45) is 0 Å². The predicted molar refractivity (Wildman–Crippen MR) is 100 cm³/mol. The summed E-state index contributed by atoms with van der Waals surface area (Å²) in [6.45, 7) is 5.23. The Morgan fingerprint density at radius 2 is 1.14 bits per heavy atom. The highest BCUT2D eigenvalue weighted by Crippen LogP contribution is 2.12. The van der Waals surface area contributed by atoms with Crippen LogP contribution in [0.5, 0.6) is 0 Å². The lowest BCUT2D eigenvalue weighted by molar-refractivity contribution is 0.250. The number of rotatable bonds is 17. The van der Waals surface area contributed by atoms with E-state index >= 15 is 0 Å². The first-order chi connectivity index (χ1) is 10.9. The van der Waals surface area contributed by atoms with Crippen molar-refractivity contribution in [2.75, 3.05) is 6.61 Å². The van der Waals surface area contributed by atoms with Crippen molar-refractivity contribution in [2.45, 2.75) is 104 Å². The standard InChI is InChI=1S/C21H40O/c1-3-5-6-7-8-9-10-11-12-13-14-15-16-17-18-19-21-22-20-4-2/h17-19,21H,3-16,20H2,1-2H3. The molecule has 0 atom stereocenters. The molecule has 0 rings (SSSR count). The lowest BCUT2D eigenvalue weighted by atomic mass is 10.0. The monoisotopic (exact) mass is 308 g/mol. The topological polar surface area (TPSA) is 9.23 Å². The van der Waals surface area contributed by atoms with E-state index in [2.05, 4.69) is 26.0 Å². The van der Waals surface area contributed by atoms with E-state index in [9.17, 15) is 0 Å². The van der Waals surface area contributed by atoms with Gasteiger partial charge in [0.2, 0.25) is 0 Å². The zero-order valence-corrected chi connectivity index (χ0v) is 15.3. The quantitative estimate of drug-likeness (QED) is 0.153. The molecule has 0 fully saturated rings. The molecular weight excluding hydrogens is 268 g/mol. The van der Waals surface area contributed by atoms with Gasteiger partial charge in [-0.3, -0.25) is 0 Å². The Morgan fingerprint density at radius 3 is 1.68 bits per heavy atom. The van der Waals surface area contributed by atoms with Crippen LogP contribution in [-0.4, -0.2) is 6.61 Å². The summed E-state index contributed by atoms with van der Waals surface area (Å²) in [7, 11) is 0. The van der Waals surface area contributed by atoms with Crippen LogP contribution in [0.25, 0.3) is 0 Å². The molecule has 0 aliphatic rings. The van der Waals surface area contributed by atoms with Crippen LogP contribution in [0.2, 0.25) is 0 Å². The van der Waals surface area contributed by atoms with Gasteiger partial charge in [0.25, 0.3) is 0 Å². The van der Waals surface area contributed by atoms with Crippen LogP contribution in [0.15, 0.2) is 24.5 Å². The minimum Gasteiger partial charge on any atom is -0.501 e. The van der Waals surface area contributed by atoms with E-state index < -0.39 is 0 Å². The van der Waals surface area contributed by atoms with E-state index in [1.54, 1.807) is 6.26 Å². The van der Waals surface area contributed by atoms with Crippen molar-refractivity contribution < 1.29 is 4.74 Å². The Bertz CT molecular complexity index is 242. The number of hydrogen-bond acceptors (Lipinski definition) is 1. The second-order valence-corrected chi connectivity index (χ2v) is 6.31. The van der Waals surface area contributed by atoms with Crippen molar-refractivity contribution in [3.63, 3.8) is 0 Å². The minimum absolute atomic E-state index is 0.822. The van der Waals surface area contributed by atoms with Crippen LogP contribution in [0.4, 0.5) is 0 Å². The molecule has 0 aliphatic carbocycles. The van der Waals surface area contributed by atoms with Crippen LogP contribution in [-0.2, 0) is 4.74 Å². The Balaban J connectivity index is 3.08. The zero-order chi connectivity index (χ0) is 16.1. The van der Waals surface area contributed by atoms with Gasteiger partial charge in [-0.05, 0) is 25.3 Å². The Morgan fingerprint density at radius 1 is 0.591 bits per heavy atom. The minimum atomic E-state index is 0.822. The molecule has 0 bridgehead atoms. The van der Waals surface area contributed by atoms with Crippen molar-refractivity contribution in [1.29, 1.82) is 0 Å². The van der Waals surface area contributed by atoms with Crippen molar-refractivity contribution in [3.8, 4) is 0 Å².